The van der Waals surface area contributed by atoms with Gasteiger partial charge in [-0.25, -0.2) is 4.79 Å². The van der Waals surface area contributed by atoms with Crippen LogP contribution in [0.1, 0.15) is 23.0 Å². The summed E-state index contributed by atoms with van der Waals surface area (Å²) in [6.07, 6.45) is 0. The van der Waals surface area contributed by atoms with E-state index in [0.717, 1.165) is 16.1 Å². The minimum absolute atomic E-state index is 0.0156. The number of thioether (sulfide) groups is 1. The van der Waals surface area contributed by atoms with E-state index in [2.05, 4.69) is 0 Å². The summed E-state index contributed by atoms with van der Waals surface area (Å²) in [6, 6.07) is 11.8. The van der Waals surface area contributed by atoms with Crippen LogP contribution in [0, 0.1) is 3.57 Å². The van der Waals surface area contributed by atoms with Gasteiger partial charge in [0.1, 0.15) is 5.75 Å². The molecule has 0 aliphatic heterocycles. The minimum Gasteiger partial charge on any atom is -0.505 e. The third-order valence-electron chi connectivity index (χ3n) is 4.08. The maximum Gasteiger partial charge on any atom is 0.340 e. The van der Waals surface area contributed by atoms with Gasteiger partial charge >= 0.3 is 5.97 Å². The Morgan fingerprint density at radius 2 is 2.04 bits per heavy atom. The zero-order valence-electron chi connectivity index (χ0n) is 14.3. The number of benzene rings is 2. The van der Waals surface area contributed by atoms with Crippen molar-refractivity contribution >= 4 is 62.8 Å². The van der Waals surface area contributed by atoms with Crippen LogP contribution in [-0.2, 0) is 17.5 Å². The van der Waals surface area contributed by atoms with Crippen LogP contribution in [0.3, 0.4) is 0 Å². The van der Waals surface area contributed by atoms with Crippen LogP contribution in [-0.4, -0.2) is 22.2 Å². The predicted octanol–water partition coefficient (Wildman–Crippen LogP) is 5.61. The van der Waals surface area contributed by atoms with Gasteiger partial charge in [-0.05, 0) is 47.7 Å². The summed E-state index contributed by atoms with van der Waals surface area (Å²) >= 11 is 10.1. The number of fused-ring (bicyclic) bond motifs is 1. The molecule has 0 amide bonds. The summed E-state index contributed by atoms with van der Waals surface area (Å²) in [6.45, 7) is 2.04. The van der Waals surface area contributed by atoms with Crippen LogP contribution in [0.5, 0.6) is 5.75 Å². The second-order valence-electron chi connectivity index (χ2n) is 5.62. The molecule has 0 saturated heterocycles. The van der Waals surface area contributed by atoms with Crippen LogP contribution in [0.2, 0.25) is 5.02 Å². The maximum absolute atomic E-state index is 12.7. The van der Waals surface area contributed by atoms with Crippen molar-refractivity contribution < 1.29 is 14.6 Å². The Bertz CT molecular complexity index is 972. The predicted molar refractivity (Wildman–Crippen MR) is 114 cm³/mol. The number of phenols is 1. The number of esters is 1. The molecule has 0 saturated carbocycles. The zero-order valence-corrected chi connectivity index (χ0v) is 18.0. The van der Waals surface area contributed by atoms with E-state index in [0.29, 0.717) is 20.3 Å². The number of hydrogen-bond acceptors (Lipinski definition) is 4. The number of carbonyl (C=O) groups excluding carboxylic acids is 1. The highest BCUT2D eigenvalue weighted by molar-refractivity contribution is 14.1. The first kappa shape index (κ1) is 19.4. The lowest BCUT2D eigenvalue weighted by molar-refractivity contribution is 0.0527. The zero-order chi connectivity index (χ0) is 18.8. The lowest BCUT2D eigenvalue weighted by atomic mass is 10.1. The Labute approximate surface area is 174 Å². The molecule has 0 atom stereocenters. The van der Waals surface area contributed by atoms with E-state index < -0.39 is 5.97 Å². The van der Waals surface area contributed by atoms with Crippen molar-refractivity contribution in [2.45, 2.75) is 17.6 Å². The van der Waals surface area contributed by atoms with E-state index in [1.165, 1.54) is 0 Å². The number of ether oxygens (including phenoxy) is 1. The number of halogens is 2. The van der Waals surface area contributed by atoms with Crippen molar-refractivity contribution in [1.82, 2.24) is 4.57 Å². The molecular formula is C19H17ClINO3S. The molecule has 1 N–H and O–H groups in total. The van der Waals surface area contributed by atoms with E-state index in [1.54, 1.807) is 18.7 Å². The molecule has 0 aliphatic rings. The molecule has 136 valence electrons. The summed E-state index contributed by atoms with van der Waals surface area (Å²) < 4.78 is 7.85. The molecule has 0 aliphatic carbocycles. The highest BCUT2D eigenvalue weighted by Gasteiger charge is 2.26. The van der Waals surface area contributed by atoms with Crippen molar-refractivity contribution in [3.8, 4) is 5.75 Å². The number of hydrogen-bond donors (Lipinski definition) is 1. The number of carbonyl (C=O) groups is 1. The molecule has 0 fully saturated rings. The Morgan fingerprint density at radius 3 is 2.69 bits per heavy atom. The second kappa shape index (κ2) is 8.10. The molecule has 26 heavy (non-hydrogen) atoms. The fourth-order valence-corrected chi connectivity index (χ4v) is 4.82. The first-order valence-corrected chi connectivity index (χ1v) is 10.4. The highest BCUT2D eigenvalue weighted by Crippen LogP contribution is 2.41. The van der Waals surface area contributed by atoms with Crippen LogP contribution in [0.15, 0.2) is 41.3 Å². The number of aromatic hydroxyl groups is 1. The largest absolute Gasteiger partial charge is 0.505 e. The van der Waals surface area contributed by atoms with Crippen LogP contribution in [0.4, 0.5) is 0 Å². The molecule has 0 radical (unpaired) electrons. The van der Waals surface area contributed by atoms with E-state index >= 15 is 0 Å². The third kappa shape index (κ3) is 3.54. The van der Waals surface area contributed by atoms with Gasteiger partial charge in [-0.3, -0.25) is 0 Å². The maximum atomic E-state index is 12.7. The average Bonchev–Trinajstić information content (AvgIpc) is 2.91. The number of phenolic OH excluding ortho intramolecular Hbond substituents is 1. The molecule has 0 bridgehead atoms. The van der Waals surface area contributed by atoms with Gasteiger partial charge in [-0.2, -0.15) is 0 Å². The van der Waals surface area contributed by atoms with Gasteiger partial charge in [0.05, 0.1) is 26.3 Å². The average molecular weight is 502 g/mol. The number of rotatable bonds is 5. The van der Waals surface area contributed by atoms with Crippen molar-refractivity contribution in [2.24, 2.45) is 7.05 Å². The van der Waals surface area contributed by atoms with Crippen molar-refractivity contribution in [3.05, 3.63) is 56.2 Å². The molecule has 3 rings (SSSR count). The number of aromatic nitrogens is 1. The van der Waals surface area contributed by atoms with E-state index in [1.807, 2.05) is 70.6 Å². The summed E-state index contributed by atoms with van der Waals surface area (Å²) in [5, 5.41) is 11.0. The highest BCUT2D eigenvalue weighted by atomic mass is 127. The molecule has 1 aromatic heterocycles. The molecule has 7 heteroatoms. The van der Waals surface area contributed by atoms with Gasteiger partial charge in [-0.15, -0.1) is 11.8 Å². The lowest BCUT2D eigenvalue weighted by Crippen LogP contribution is -2.08. The van der Waals surface area contributed by atoms with E-state index in [-0.39, 0.29) is 17.4 Å². The smallest absolute Gasteiger partial charge is 0.340 e. The number of nitrogens with zero attached hydrogens (tertiary/aromatic N) is 1. The van der Waals surface area contributed by atoms with Gasteiger partial charge in [0.25, 0.3) is 0 Å². The molecule has 0 unspecified atom stereocenters. The monoisotopic (exact) mass is 501 g/mol. The van der Waals surface area contributed by atoms with Gasteiger partial charge in [0, 0.05) is 28.8 Å². The minimum atomic E-state index is -0.427. The SMILES string of the molecule is CCOC(=O)c1c(CSc2ccccc2)n(C)c2cc(I)c(O)c(Cl)c12. The summed E-state index contributed by atoms with van der Waals surface area (Å²) in [7, 11) is 1.90. The fraction of sp³-hybridized carbons (Fsp3) is 0.211. The van der Waals surface area contributed by atoms with Crippen LogP contribution >= 0.6 is 46.0 Å². The molecule has 0 spiro atoms. The summed E-state index contributed by atoms with van der Waals surface area (Å²) in [4.78, 5) is 13.8. The summed E-state index contributed by atoms with van der Waals surface area (Å²) in [5.74, 6) is 0.138. The quantitative estimate of drug-likeness (QED) is 0.280. The van der Waals surface area contributed by atoms with Crippen molar-refractivity contribution in [3.63, 3.8) is 0 Å². The normalized spacial score (nSPS) is 11.1. The molecule has 4 nitrogen and oxygen atoms in total. The Hall–Kier alpha value is -1.38. The Kier molecular flexibility index (Phi) is 6.04. The van der Waals surface area contributed by atoms with Crippen LogP contribution < -0.4 is 0 Å². The Morgan fingerprint density at radius 1 is 1.35 bits per heavy atom. The van der Waals surface area contributed by atoms with Gasteiger partial charge in [0.15, 0.2) is 0 Å². The number of aryl methyl sites for hydroxylation is 1. The second-order valence-corrected chi connectivity index (χ2v) is 8.21. The first-order valence-electron chi connectivity index (χ1n) is 7.98. The third-order valence-corrected chi connectivity index (χ3v) is 6.29. The van der Waals surface area contributed by atoms with Gasteiger partial charge < -0.3 is 14.4 Å². The standard InChI is InChI=1S/C19H17ClINO3S/c1-3-25-19(24)16-14(10-26-11-7-5-4-6-8-11)22(2)13-9-12(21)18(23)17(20)15(13)16/h4-9,23H,3,10H2,1-2H3. The summed E-state index contributed by atoms with van der Waals surface area (Å²) in [5.41, 5.74) is 2.03. The molecule has 3 aromatic rings. The van der Waals surface area contributed by atoms with Gasteiger partial charge in [0.2, 0.25) is 0 Å². The van der Waals surface area contributed by atoms with E-state index in [4.69, 9.17) is 16.3 Å². The fourth-order valence-electron chi connectivity index (χ4n) is 2.82. The van der Waals surface area contributed by atoms with Gasteiger partial charge in [-0.1, -0.05) is 29.8 Å². The molecular weight excluding hydrogens is 485 g/mol. The van der Waals surface area contributed by atoms with Crippen molar-refractivity contribution in [2.75, 3.05) is 6.61 Å². The molecule has 1 heterocycles. The van der Waals surface area contributed by atoms with Crippen LogP contribution in [0.25, 0.3) is 10.9 Å². The molecule has 2 aromatic carbocycles. The Balaban J connectivity index is 2.17. The van der Waals surface area contributed by atoms with E-state index in [9.17, 15) is 9.90 Å². The first-order chi connectivity index (χ1) is 12.5. The van der Waals surface area contributed by atoms with Crippen molar-refractivity contribution in [1.29, 1.82) is 0 Å². The topological polar surface area (TPSA) is 51.5 Å². The lowest BCUT2D eigenvalue weighted by Gasteiger charge is -2.08.